The van der Waals surface area contributed by atoms with Gasteiger partial charge in [0.25, 0.3) is 5.19 Å². The van der Waals surface area contributed by atoms with Gasteiger partial charge in [0.15, 0.2) is 5.78 Å². The molecule has 0 saturated heterocycles. The number of aryl methyl sites for hydroxylation is 1. The number of nitroso groups, excluding NO2 is 1. The number of Topliss-reactive ketones (excluding diaryl/α,β-unsaturated/α-hetero) is 1. The van der Waals surface area contributed by atoms with Gasteiger partial charge in [0.1, 0.15) is 17.2 Å². The summed E-state index contributed by atoms with van der Waals surface area (Å²) in [4.78, 5) is 29.0. The summed E-state index contributed by atoms with van der Waals surface area (Å²) in [5, 5.41) is 14.7. The maximum absolute atomic E-state index is 13.7. The molecule has 33 heavy (non-hydrogen) atoms. The predicted octanol–water partition coefficient (Wildman–Crippen LogP) is 7.34. The third kappa shape index (κ3) is 3.13. The number of aliphatic hydroxyl groups is 1. The minimum absolute atomic E-state index is 0.0134. The molecule has 1 heterocycles. The first-order chi connectivity index (χ1) is 15.7. The van der Waals surface area contributed by atoms with E-state index in [0.29, 0.717) is 22.2 Å². The van der Waals surface area contributed by atoms with Crippen molar-refractivity contribution in [3.63, 3.8) is 0 Å². The van der Waals surface area contributed by atoms with Crippen LogP contribution < -0.4 is 4.74 Å². The molecule has 170 valence electrons. The second kappa shape index (κ2) is 7.48. The summed E-state index contributed by atoms with van der Waals surface area (Å²) < 4.78 is 6.86. The van der Waals surface area contributed by atoms with Gasteiger partial charge >= 0.3 is 0 Å². The van der Waals surface area contributed by atoms with E-state index in [-0.39, 0.29) is 22.9 Å². The van der Waals surface area contributed by atoms with Crippen molar-refractivity contribution in [1.29, 1.82) is 0 Å². The Labute approximate surface area is 196 Å². The summed E-state index contributed by atoms with van der Waals surface area (Å²) in [6.07, 6.45) is 2.32. The van der Waals surface area contributed by atoms with E-state index in [1.54, 1.807) is 18.2 Å². The van der Waals surface area contributed by atoms with Gasteiger partial charge in [0, 0.05) is 11.3 Å². The molecular weight excluding hydrogens is 436 g/mol. The number of ketones is 1. The molecule has 3 aromatic rings. The Balaban J connectivity index is 1.57. The Morgan fingerprint density at radius 1 is 1.21 bits per heavy atom. The van der Waals surface area contributed by atoms with E-state index in [1.165, 1.54) is 11.3 Å². The summed E-state index contributed by atoms with van der Waals surface area (Å²) in [5.41, 5.74) is 2.45. The number of carbonyl (C=O) groups excluding carboxylic acids is 1. The van der Waals surface area contributed by atoms with Gasteiger partial charge in [-0.1, -0.05) is 45.1 Å². The van der Waals surface area contributed by atoms with Gasteiger partial charge < -0.3 is 9.84 Å². The van der Waals surface area contributed by atoms with Crippen molar-refractivity contribution >= 4 is 38.6 Å². The van der Waals surface area contributed by atoms with Gasteiger partial charge in [0.2, 0.25) is 0 Å². The molecule has 2 aliphatic carbocycles. The molecule has 0 radical (unpaired) electrons. The van der Waals surface area contributed by atoms with Crippen LogP contribution in [-0.4, -0.2) is 15.9 Å². The molecule has 6 nitrogen and oxygen atoms in total. The van der Waals surface area contributed by atoms with E-state index in [4.69, 9.17) is 4.74 Å². The SMILES string of the molecule is CCc1ccc(Oc2nc3ccc(N=O)cc3s2)cc1C1=C(O)[C@@H]2CC[C@](C)(C1=O)C2(C)C. The average molecular weight is 463 g/mol. The highest BCUT2D eigenvalue weighted by Crippen LogP contribution is 2.63. The molecule has 1 N–H and O–H groups in total. The van der Waals surface area contributed by atoms with Crippen molar-refractivity contribution in [2.75, 3.05) is 0 Å². The minimum Gasteiger partial charge on any atom is -0.511 e. The zero-order chi connectivity index (χ0) is 23.5. The number of allylic oxidation sites excluding steroid dienone is 2. The van der Waals surface area contributed by atoms with Crippen LogP contribution in [0.4, 0.5) is 5.69 Å². The minimum atomic E-state index is -0.502. The molecule has 1 saturated carbocycles. The van der Waals surface area contributed by atoms with Crippen molar-refractivity contribution in [3.05, 3.63) is 58.2 Å². The third-order valence-corrected chi connectivity index (χ3v) is 8.83. The van der Waals surface area contributed by atoms with Crippen LogP contribution in [0.5, 0.6) is 10.9 Å². The fraction of sp³-hybridized carbons (Fsp3) is 0.385. The number of benzene rings is 2. The van der Waals surface area contributed by atoms with E-state index in [0.717, 1.165) is 40.6 Å². The summed E-state index contributed by atoms with van der Waals surface area (Å²) in [6.45, 7) is 8.26. The fourth-order valence-electron chi connectivity index (χ4n) is 5.47. The number of carbonyl (C=O) groups is 1. The highest BCUT2D eigenvalue weighted by atomic mass is 32.1. The van der Waals surface area contributed by atoms with Gasteiger partial charge in [-0.2, -0.15) is 0 Å². The molecule has 2 bridgehead atoms. The van der Waals surface area contributed by atoms with Gasteiger partial charge in [0.05, 0.1) is 15.8 Å². The summed E-state index contributed by atoms with van der Waals surface area (Å²) >= 11 is 1.32. The van der Waals surface area contributed by atoms with E-state index in [9.17, 15) is 14.8 Å². The number of nitrogens with zero attached hydrogens (tertiary/aromatic N) is 2. The lowest BCUT2D eigenvalue weighted by Crippen LogP contribution is -2.45. The second-order valence-corrected chi connectivity index (χ2v) is 10.7. The molecule has 1 fully saturated rings. The quantitative estimate of drug-likeness (QED) is 0.401. The van der Waals surface area contributed by atoms with Crippen LogP contribution in [0.15, 0.2) is 47.3 Å². The number of hydrogen-bond donors (Lipinski definition) is 1. The molecule has 0 unspecified atom stereocenters. The molecule has 0 spiro atoms. The smallest absolute Gasteiger partial charge is 0.279 e. The molecule has 1 aromatic heterocycles. The number of aromatic nitrogens is 1. The van der Waals surface area contributed by atoms with Crippen molar-refractivity contribution in [1.82, 2.24) is 4.98 Å². The van der Waals surface area contributed by atoms with Crippen molar-refractivity contribution in [2.45, 2.75) is 47.0 Å². The second-order valence-electron chi connectivity index (χ2n) is 9.73. The van der Waals surface area contributed by atoms with Crippen LogP contribution in [0.3, 0.4) is 0 Å². The lowest BCUT2D eigenvalue weighted by atomic mass is 9.58. The van der Waals surface area contributed by atoms with Gasteiger partial charge in [-0.05, 0) is 71.3 Å². The van der Waals surface area contributed by atoms with Gasteiger partial charge in [-0.25, -0.2) is 4.98 Å². The zero-order valence-electron chi connectivity index (χ0n) is 19.1. The molecule has 0 aliphatic heterocycles. The Bertz CT molecular complexity index is 1340. The van der Waals surface area contributed by atoms with E-state index < -0.39 is 5.41 Å². The van der Waals surface area contributed by atoms with E-state index in [1.807, 2.05) is 32.0 Å². The summed E-state index contributed by atoms with van der Waals surface area (Å²) in [7, 11) is 0. The highest BCUT2D eigenvalue weighted by Gasteiger charge is 2.61. The molecule has 2 aromatic carbocycles. The van der Waals surface area contributed by atoms with Crippen molar-refractivity contribution < 1.29 is 14.6 Å². The predicted molar refractivity (Wildman–Crippen MR) is 130 cm³/mol. The van der Waals surface area contributed by atoms with Crippen LogP contribution in [0.25, 0.3) is 15.8 Å². The van der Waals surface area contributed by atoms with Crippen molar-refractivity contribution in [2.24, 2.45) is 21.9 Å². The normalized spacial score (nSPS) is 23.9. The maximum Gasteiger partial charge on any atom is 0.279 e. The standard InChI is InChI=1S/C26H26N2O4S/c1-5-14-6-8-16(32-24-27-19-9-7-15(28-31)12-20(19)33-24)13-17(14)21-22(29)18-10-11-26(4,23(21)30)25(18,2)3/h6-9,12-13,18,29H,5,10-11H2,1-4H3/t18-,26+/m0/s1. The fourth-order valence-corrected chi connectivity index (χ4v) is 6.33. The monoisotopic (exact) mass is 462 g/mol. The Morgan fingerprint density at radius 2 is 2.00 bits per heavy atom. The number of fused-ring (bicyclic) bond motifs is 3. The molecule has 2 atom stereocenters. The summed E-state index contributed by atoms with van der Waals surface area (Å²) in [5.74, 6) is 0.736. The van der Waals surface area contributed by atoms with Gasteiger partial charge in [-0.3, -0.25) is 4.79 Å². The lowest BCUT2D eigenvalue weighted by molar-refractivity contribution is -0.128. The molecule has 5 rings (SSSR count). The zero-order valence-corrected chi connectivity index (χ0v) is 20.0. The molecule has 0 amide bonds. The third-order valence-electron chi connectivity index (χ3n) is 7.94. The van der Waals surface area contributed by atoms with Crippen LogP contribution >= 0.6 is 11.3 Å². The highest BCUT2D eigenvalue weighted by molar-refractivity contribution is 7.20. The van der Waals surface area contributed by atoms with E-state index >= 15 is 0 Å². The van der Waals surface area contributed by atoms with Crippen LogP contribution in [0.1, 0.15) is 51.7 Å². The maximum atomic E-state index is 13.7. The molecule has 2 aliphatic rings. The Morgan fingerprint density at radius 3 is 2.73 bits per heavy atom. The van der Waals surface area contributed by atoms with Crippen molar-refractivity contribution in [3.8, 4) is 10.9 Å². The largest absolute Gasteiger partial charge is 0.511 e. The topological polar surface area (TPSA) is 88.8 Å². The van der Waals surface area contributed by atoms with Crippen LogP contribution in [0, 0.1) is 21.7 Å². The first-order valence-electron chi connectivity index (χ1n) is 11.2. The molecule has 7 heteroatoms. The number of thiazole rings is 1. The Hall–Kier alpha value is -3.06. The first kappa shape index (κ1) is 21.8. The van der Waals surface area contributed by atoms with Crippen LogP contribution in [0.2, 0.25) is 0 Å². The lowest BCUT2D eigenvalue weighted by Gasteiger charge is -2.45. The number of hydrogen-bond acceptors (Lipinski definition) is 7. The van der Waals surface area contributed by atoms with Crippen LogP contribution in [-0.2, 0) is 11.2 Å². The van der Waals surface area contributed by atoms with Gasteiger partial charge in [-0.15, -0.1) is 4.91 Å². The summed E-state index contributed by atoms with van der Waals surface area (Å²) in [6, 6.07) is 10.7. The average Bonchev–Trinajstić information content (AvgIpc) is 3.27. The Kier molecular flexibility index (Phi) is 4.94. The number of aliphatic hydroxyl groups excluding tert-OH is 1. The molecular formula is C26H26N2O4S. The first-order valence-corrected chi connectivity index (χ1v) is 12.0. The number of ether oxygens (including phenoxy) is 1. The number of rotatable bonds is 5. The van der Waals surface area contributed by atoms with E-state index in [2.05, 4.69) is 24.0 Å².